The van der Waals surface area contributed by atoms with Gasteiger partial charge in [0.05, 0.1) is 21.6 Å². The number of carbonyl (C=O) groups excluding carboxylic acids is 1. The predicted molar refractivity (Wildman–Crippen MR) is 80.2 cm³/mol. The average Bonchev–Trinajstić information content (AvgIpc) is 2.91. The lowest BCUT2D eigenvalue weighted by molar-refractivity contribution is -0.393. The normalized spacial score (nSPS) is 18.7. The van der Waals surface area contributed by atoms with Gasteiger partial charge in [0.1, 0.15) is 11.8 Å². The minimum Gasteiger partial charge on any atom is -0.456 e. The Kier molecular flexibility index (Phi) is 4.84. The first-order valence-electron chi connectivity index (χ1n) is 6.81. The number of rotatable bonds is 5. The summed E-state index contributed by atoms with van der Waals surface area (Å²) in [5, 5.41) is 25.8. The number of anilines is 1. The van der Waals surface area contributed by atoms with Crippen LogP contribution in [-0.4, -0.2) is 27.6 Å². The number of nitrogens with zero attached hydrogens (tertiary/aromatic N) is 3. The highest BCUT2D eigenvalue weighted by Gasteiger charge is 2.26. The van der Waals surface area contributed by atoms with Gasteiger partial charge in [-0.1, -0.05) is 0 Å². The zero-order valence-corrected chi connectivity index (χ0v) is 12.2. The highest BCUT2D eigenvalue weighted by atomic mass is 16.6. The van der Waals surface area contributed by atoms with Gasteiger partial charge in [-0.25, -0.2) is 0 Å². The molecule has 23 heavy (non-hydrogen) atoms. The number of nitro benzene ring substituents is 2. The summed E-state index contributed by atoms with van der Waals surface area (Å²) in [4.78, 5) is 31.3. The van der Waals surface area contributed by atoms with Crippen molar-refractivity contribution >= 4 is 28.7 Å². The lowest BCUT2D eigenvalue weighted by Gasteiger charge is -2.11. The standard InChI is InChI=1S/C13H14N4O6/c1-8(18)23-13-4-2-3-11(13)15-14-10-6-5-9(16(19)20)7-12(10)17(21)22/h5-7,13-14H,2-4H2,1H3/b15-11+. The van der Waals surface area contributed by atoms with Crippen LogP contribution in [0.4, 0.5) is 17.1 Å². The fraction of sp³-hybridized carbons (Fsp3) is 0.385. The quantitative estimate of drug-likeness (QED) is 0.499. The van der Waals surface area contributed by atoms with E-state index in [2.05, 4.69) is 10.5 Å². The van der Waals surface area contributed by atoms with Crippen LogP contribution in [0, 0.1) is 20.2 Å². The van der Waals surface area contributed by atoms with Gasteiger partial charge in [-0.05, 0) is 25.3 Å². The fourth-order valence-corrected chi connectivity index (χ4v) is 2.26. The van der Waals surface area contributed by atoms with Gasteiger partial charge in [0.25, 0.3) is 5.69 Å². The molecule has 0 aromatic heterocycles. The molecule has 1 aliphatic rings. The minimum absolute atomic E-state index is 0.0292. The molecule has 10 nitrogen and oxygen atoms in total. The van der Waals surface area contributed by atoms with Crippen LogP contribution in [-0.2, 0) is 9.53 Å². The van der Waals surface area contributed by atoms with Gasteiger partial charge >= 0.3 is 11.7 Å². The van der Waals surface area contributed by atoms with Crippen molar-refractivity contribution in [3.8, 4) is 0 Å². The first kappa shape index (κ1) is 16.3. The molecule has 0 heterocycles. The van der Waals surface area contributed by atoms with Crippen LogP contribution >= 0.6 is 0 Å². The van der Waals surface area contributed by atoms with E-state index in [9.17, 15) is 25.0 Å². The van der Waals surface area contributed by atoms with Gasteiger partial charge in [0.2, 0.25) is 0 Å². The second-order valence-electron chi connectivity index (χ2n) is 4.92. The largest absolute Gasteiger partial charge is 0.456 e. The molecule has 0 aliphatic heterocycles. The Morgan fingerprint density at radius 3 is 2.70 bits per heavy atom. The molecule has 0 saturated heterocycles. The van der Waals surface area contributed by atoms with E-state index in [1.54, 1.807) is 0 Å². The van der Waals surface area contributed by atoms with E-state index >= 15 is 0 Å². The van der Waals surface area contributed by atoms with Crippen molar-refractivity contribution in [1.29, 1.82) is 0 Å². The second kappa shape index (κ2) is 6.81. The summed E-state index contributed by atoms with van der Waals surface area (Å²) in [5.74, 6) is -0.425. The maximum absolute atomic E-state index is 11.0. The molecular weight excluding hydrogens is 308 g/mol. The van der Waals surface area contributed by atoms with Gasteiger partial charge in [-0.3, -0.25) is 30.4 Å². The van der Waals surface area contributed by atoms with Crippen molar-refractivity contribution in [2.75, 3.05) is 5.43 Å². The Bertz CT molecular complexity index is 687. The first-order valence-corrected chi connectivity index (χ1v) is 6.81. The average molecular weight is 322 g/mol. The molecule has 2 rings (SSSR count). The minimum atomic E-state index is -0.728. The summed E-state index contributed by atoms with van der Waals surface area (Å²) < 4.78 is 5.11. The number of nitro groups is 2. The van der Waals surface area contributed by atoms with Crippen LogP contribution in [0.2, 0.25) is 0 Å². The summed E-state index contributed by atoms with van der Waals surface area (Å²) in [6, 6.07) is 3.23. The lowest BCUT2D eigenvalue weighted by atomic mass is 10.2. The summed E-state index contributed by atoms with van der Waals surface area (Å²) in [6.07, 6.45) is 1.59. The molecule has 122 valence electrons. The number of benzene rings is 1. The van der Waals surface area contributed by atoms with Crippen LogP contribution in [0.3, 0.4) is 0 Å². The molecular formula is C13H14N4O6. The molecule has 1 N–H and O–H groups in total. The van der Waals surface area contributed by atoms with Crippen LogP contribution in [0.15, 0.2) is 23.3 Å². The van der Waals surface area contributed by atoms with Gasteiger partial charge in [-0.2, -0.15) is 5.10 Å². The maximum atomic E-state index is 11.0. The van der Waals surface area contributed by atoms with Gasteiger partial charge < -0.3 is 4.74 Å². The SMILES string of the molecule is CC(=O)OC1CCC/C1=N\Nc1ccc([N+](=O)[O-])cc1[N+](=O)[O-]. The fourth-order valence-electron chi connectivity index (χ4n) is 2.26. The number of esters is 1. The van der Waals surface area contributed by atoms with E-state index in [1.807, 2.05) is 0 Å². The predicted octanol–water partition coefficient (Wildman–Crippen LogP) is 2.39. The highest BCUT2D eigenvalue weighted by Crippen LogP contribution is 2.29. The Hall–Kier alpha value is -3.04. The number of carbonyl (C=O) groups is 1. The molecule has 0 amide bonds. The topological polar surface area (TPSA) is 137 Å². The summed E-state index contributed by atoms with van der Waals surface area (Å²) in [5.41, 5.74) is 2.31. The number of non-ortho nitro benzene ring substituents is 1. The summed E-state index contributed by atoms with van der Waals surface area (Å²) in [6.45, 7) is 1.30. The molecule has 1 fully saturated rings. The maximum Gasteiger partial charge on any atom is 0.303 e. The zero-order chi connectivity index (χ0) is 17.0. The van der Waals surface area contributed by atoms with Crippen LogP contribution in [0.1, 0.15) is 26.2 Å². The highest BCUT2D eigenvalue weighted by molar-refractivity contribution is 5.92. The molecule has 1 aliphatic carbocycles. The third-order valence-electron chi connectivity index (χ3n) is 3.29. The number of hydrogen-bond donors (Lipinski definition) is 1. The Balaban J connectivity index is 2.22. The molecule has 10 heteroatoms. The zero-order valence-electron chi connectivity index (χ0n) is 12.2. The van der Waals surface area contributed by atoms with Gasteiger partial charge in [0, 0.05) is 13.0 Å². The van der Waals surface area contributed by atoms with E-state index < -0.39 is 27.6 Å². The molecule has 0 spiro atoms. The van der Waals surface area contributed by atoms with Crippen molar-refractivity contribution in [2.24, 2.45) is 5.10 Å². The molecule has 1 atom stereocenters. The van der Waals surface area contributed by atoms with E-state index in [1.165, 1.54) is 13.0 Å². The number of nitrogens with one attached hydrogen (secondary N) is 1. The molecule has 1 aromatic carbocycles. The van der Waals surface area contributed by atoms with Crippen LogP contribution in [0.5, 0.6) is 0 Å². The van der Waals surface area contributed by atoms with Crippen molar-refractivity contribution < 1.29 is 19.4 Å². The Morgan fingerprint density at radius 2 is 2.09 bits per heavy atom. The molecule has 1 saturated carbocycles. The van der Waals surface area contributed by atoms with E-state index in [4.69, 9.17) is 4.74 Å². The van der Waals surface area contributed by atoms with Crippen molar-refractivity contribution in [3.63, 3.8) is 0 Å². The van der Waals surface area contributed by atoms with Crippen molar-refractivity contribution in [1.82, 2.24) is 0 Å². The Labute approximate surface area is 130 Å². The lowest BCUT2D eigenvalue weighted by Crippen LogP contribution is -2.21. The van der Waals surface area contributed by atoms with E-state index in [0.29, 0.717) is 18.6 Å². The summed E-state index contributed by atoms with van der Waals surface area (Å²) >= 11 is 0. The second-order valence-corrected chi connectivity index (χ2v) is 4.92. The smallest absolute Gasteiger partial charge is 0.303 e. The van der Waals surface area contributed by atoms with Gasteiger partial charge in [-0.15, -0.1) is 0 Å². The van der Waals surface area contributed by atoms with Crippen LogP contribution < -0.4 is 5.43 Å². The first-order chi connectivity index (χ1) is 10.9. The molecule has 1 unspecified atom stereocenters. The number of hydrogen-bond acceptors (Lipinski definition) is 8. The van der Waals surface area contributed by atoms with Gasteiger partial charge in [0.15, 0.2) is 0 Å². The van der Waals surface area contributed by atoms with E-state index in [-0.39, 0.29) is 11.4 Å². The van der Waals surface area contributed by atoms with Crippen LogP contribution in [0.25, 0.3) is 0 Å². The molecule has 0 radical (unpaired) electrons. The number of ether oxygens (including phenoxy) is 1. The van der Waals surface area contributed by atoms with Crippen molar-refractivity contribution in [3.05, 3.63) is 38.4 Å². The molecule has 0 bridgehead atoms. The van der Waals surface area contributed by atoms with E-state index in [0.717, 1.165) is 18.6 Å². The molecule has 1 aromatic rings. The third-order valence-corrected chi connectivity index (χ3v) is 3.29. The number of hydrazone groups is 1. The van der Waals surface area contributed by atoms with Crippen molar-refractivity contribution in [2.45, 2.75) is 32.3 Å². The summed E-state index contributed by atoms with van der Waals surface area (Å²) in [7, 11) is 0. The third kappa shape index (κ3) is 3.99. The Morgan fingerprint density at radius 1 is 1.35 bits per heavy atom. The monoisotopic (exact) mass is 322 g/mol.